The summed E-state index contributed by atoms with van der Waals surface area (Å²) in [5, 5.41) is 9.32. The van der Waals surface area contributed by atoms with Crippen LogP contribution in [0.15, 0.2) is 24.3 Å². The van der Waals surface area contributed by atoms with E-state index >= 15 is 0 Å². The van der Waals surface area contributed by atoms with Gasteiger partial charge in [-0.05, 0) is 36.8 Å². The lowest BCUT2D eigenvalue weighted by Gasteiger charge is -2.22. The van der Waals surface area contributed by atoms with Crippen molar-refractivity contribution >= 4 is 5.97 Å². The number of hydrogen-bond donors (Lipinski definition) is 1. The molecule has 0 heterocycles. The second kappa shape index (κ2) is 6.50. The van der Waals surface area contributed by atoms with E-state index in [1.165, 1.54) is 6.07 Å². The minimum Gasteiger partial charge on any atom is -0.481 e. The van der Waals surface area contributed by atoms with Gasteiger partial charge in [-0.1, -0.05) is 37.5 Å². The van der Waals surface area contributed by atoms with Crippen molar-refractivity contribution in [1.29, 1.82) is 0 Å². The molecular formula is C16H19F3O2. The Bertz CT molecular complexity index is 497. The number of carboxylic acids is 1. The Morgan fingerprint density at radius 3 is 2.57 bits per heavy atom. The first-order valence-corrected chi connectivity index (χ1v) is 7.27. The van der Waals surface area contributed by atoms with Crippen molar-refractivity contribution in [2.45, 2.75) is 44.7 Å². The van der Waals surface area contributed by atoms with Gasteiger partial charge in [0.25, 0.3) is 0 Å². The highest BCUT2D eigenvalue weighted by Crippen LogP contribution is 2.34. The third-order valence-electron chi connectivity index (χ3n) is 4.23. The first-order chi connectivity index (χ1) is 9.88. The number of hydrogen-bond acceptors (Lipinski definition) is 1. The lowest BCUT2D eigenvalue weighted by molar-refractivity contribution is -0.144. The number of aliphatic carboxylic acids is 1. The molecule has 2 unspecified atom stereocenters. The molecule has 0 spiro atoms. The second-order valence-electron chi connectivity index (χ2n) is 5.75. The Morgan fingerprint density at radius 1 is 1.19 bits per heavy atom. The number of carboxylic acid groups (broad SMARTS) is 1. The van der Waals surface area contributed by atoms with E-state index in [1.54, 1.807) is 6.07 Å². The summed E-state index contributed by atoms with van der Waals surface area (Å²) in [4.78, 5) is 11.4. The van der Waals surface area contributed by atoms with E-state index in [0.29, 0.717) is 18.4 Å². The fraction of sp³-hybridized carbons (Fsp3) is 0.562. The summed E-state index contributed by atoms with van der Waals surface area (Å²) in [6.07, 6.45) is 0.283. The maximum atomic E-state index is 12.7. The zero-order chi connectivity index (χ0) is 15.5. The molecule has 1 fully saturated rings. The van der Waals surface area contributed by atoms with Crippen molar-refractivity contribution in [3.63, 3.8) is 0 Å². The van der Waals surface area contributed by atoms with Crippen LogP contribution in [-0.4, -0.2) is 11.1 Å². The Morgan fingerprint density at radius 2 is 1.90 bits per heavy atom. The van der Waals surface area contributed by atoms with Crippen LogP contribution in [0.25, 0.3) is 0 Å². The van der Waals surface area contributed by atoms with Gasteiger partial charge in [-0.25, -0.2) is 0 Å². The maximum Gasteiger partial charge on any atom is 0.416 e. The molecule has 1 aromatic carbocycles. The van der Waals surface area contributed by atoms with E-state index in [-0.39, 0.29) is 5.92 Å². The third-order valence-corrected chi connectivity index (χ3v) is 4.23. The average Bonchev–Trinajstić information content (AvgIpc) is 2.63. The fourth-order valence-electron chi connectivity index (χ4n) is 3.13. The molecule has 2 nitrogen and oxygen atoms in total. The largest absolute Gasteiger partial charge is 0.481 e. The van der Waals surface area contributed by atoms with Gasteiger partial charge in [-0.15, -0.1) is 0 Å². The molecule has 1 aliphatic rings. The standard InChI is InChI=1S/C16H19F3O2/c17-16(18,19)13-7-4-5-11(10-13)9-12-6-2-1-3-8-14(12)15(20)21/h4-5,7,10,12,14H,1-3,6,8-9H2,(H,20,21). The summed E-state index contributed by atoms with van der Waals surface area (Å²) < 4.78 is 38.2. The minimum absolute atomic E-state index is 0.0755. The van der Waals surface area contributed by atoms with Gasteiger partial charge in [0.15, 0.2) is 0 Å². The third kappa shape index (κ3) is 4.22. The maximum absolute atomic E-state index is 12.7. The van der Waals surface area contributed by atoms with Crippen LogP contribution in [0.2, 0.25) is 0 Å². The van der Waals surface area contributed by atoms with Crippen LogP contribution in [0, 0.1) is 11.8 Å². The van der Waals surface area contributed by atoms with Crippen LogP contribution in [-0.2, 0) is 17.4 Å². The highest BCUT2D eigenvalue weighted by atomic mass is 19.4. The van der Waals surface area contributed by atoms with Crippen LogP contribution in [0.3, 0.4) is 0 Å². The van der Waals surface area contributed by atoms with Crippen LogP contribution >= 0.6 is 0 Å². The second-order valence-corrected chi connectivity index (χ2v) is 5.75. The van der Waals surface area contributed by atoms with Crippen LogP contribution in [0.4, 0.5) is 13.2 Å². The summed E-state index contributed by atoms with van der Waals surface area (Å²) in [6.45, 7) is 0. The Kier molecular flexibility index (Phi) is 4.91. The molecule has 116 valence electrons. The molecule has 1 saturated carbocycles. The number of halogens is 3. The van der Waals surface area contributed by atoms with E-state index in [0.717, 1.165) is 37.8 Å². The molecule has 0 saturated heterocycles. The minimum atomic E-state index is -4.36. The van der Waals surface area contributed by atoms with Gasteiger partial charge in [-0.3, -0.25) is 4.79 Å². The van der Waals surface area contributed by atoms with E-state index in [2.05, 4.69) is 0 Å². The molecule has 0 aliphatic heterocycles. The zero-order valence-corrected chi connectivity index (χ0v) is 11.7. The number of benzene rings is 1. The molecule has 1 aromatic rings. The molecule has 0 bridgehead atoms. The molecule has 0 radical (unpaired) electrons. The monoisotopic (exact) mass is 300 g/mol. The summed E-state index contributed by atoms with van der Waals surface area (Å²) in [5.74, 6) is -1.34. The molecule has 0 aromatic heterocycles. The van der Waals surface area contributed by atoms with Gasteiger partial charge in [0.1, 0.15) is 0 Å². The fourth-order valence-corrected chi connectivity index (χ4v) is 3.13. The SMILES string of the molecule is O=C(O)C1CCCCCC1Cc1cccc(C(F)(F)F)c1. The van der Waals surface area contributed by atoms with Crippen molar-refractivity contribution in [2.24, 2.45) is 11.8 Å². The quantitative estimate of drug-likeness (QED) is 0.833. The highest BCUT2D eigenvalue weighted by Gasteiger charge is 2.32. The summed E-state index contributed by atoms with van der Waals surface area (Å²) >= 11 is 0. The van der Waals surface area contributed by atoms with Crippen molar-refractivity contribution < 1.29 is 23.1 Å². The normalized spacial score (nSPS) is 23.6. The van der Waals surface area contributed by atoms with Crippen molar-refractivity contribution in [3.8, 4) is 0 Å². The van der Waals surface area contributed by atoms with Gasteiger partial charge in [0, 0.05) is 0 Å². The van der Waals surface area contributed by atoms with Crippen molar-refractivity contribution in [1.82, 2.24) is 0 Å². The number of carbonyl (C=O) groups is 1. The van der Waals surface area contributed by atoms with Gasteiger partial charge in [-0.2, -0.15) is 13.2 Å². The first kappa shape index (κ1) is 15.9. The lowest BCUT2D eigenvalue weighted by atomic mass is 9.83. The van der Waals surface area contributed by atoms with Crippen LogP contribution < -0.4 is 0 Å². The predicted octanol–water partition coefficient (Wildman–Crippen LogP) is 4.53. The molecular weight excluding hydrogens is 281 g/mol. The van der Waals surface area contributed by atoms with Gasteiger partial charge >= 0.3 is 12.1 Å². The first-order valence-electron chi connectivity index (χ1n) is 7.27. The van der Waals surface area contributed by atoms with Gasteiger partial charge in [0.05, 0.1) is 11.5 Å². The molecule has 5 heteroatoms. The summed E-state index contributed by atoms with van der Waals surface area (Å²) in [6, 6.07) is 5.23. The average molecular weight is 300 g/mol. The molecule has 2 rings (SSSR count). The molecule has 1 aliphatic carbocycles. The Hall–Kier alpha value is -1.52. The van der Waals surface area contributed by atoms with E-state index < -0.39 is 23.6 Å². The molecule has 2 atom stereocenters. The Labute approximate surface area is 122 Å². The van der Waals surface area contributed by atoms with Crippen LogP contribution in [0.1, 0.15) is 43.2 Å². The topological polar surface area (TPSA) is 37.3 Å². The molecule has 1 N–H and O–H groups in total. The molecule has 21 heavy (non-hydrogen) atoms. The summed E-state index contributed by atoms with van der Waals surface area (Å²) in [5.41, 5.74) is -0.0940. The van der Waals surface area contributed by atoms with E-state index in [9.17, 15) is 23.1 Å². The van der Waals surface area contributed by atoms with Gasteiger partial charge < -0.3 is 5.11 Å². The van der Waals surface area contributed by atoms with E-state index in [4.69, 9.17) is 0 Å². The Balaban J connectivity index is 2.17. The molecule has 0 amide bonds. The van der Waals surface area contributed by atoms with Gasteiger partial charge in [0.2, 0.25) is 0 Å². The van der Waals surface area contributed by atoms with Crippen LogP contribution in [0.5, 0.6) is 0 Å². The smallest absolute Gasteiger partial charge is 0.416 e. The number of alkyl halides is 3. The highest BCUT2D eigenvalue weighted by molar-refractivity contribution is 5.70. The number of rotatable bonds is 3. The predicted molar refractivity (Wildman–Crippen MR) is 72.8 cm³/mol. The lowest BCUT2D eigenvalue weighted by Crippen LogP contribution is -2.24. The zero-order valence-electron chi connectivity index (χ0n) is 11.7. The van der Waals surface area contributed by atoms with Crippen molar-refractivity contribution in [3.05, 3.63) is 35.4 Å². The van der Waals surface area contributed by atoms with Crippen molar-refractivity contribution in [2.75, 3.05) is 0 Å². The summed E-state index contributed by atoms with van der Waals surface area (Å²) in [7, 11) is 0. The van der Waals surface area contributed by atoms with E-state index in [1.807, 2.05) is 0 Å².